The summed E-state index contributed by atoms with van der Waals surface area (Å²) in [6, 6.07) is 9.88. The zero-order valence-electron chi connectivity index (χ0n) is 9.72. The van der Waals surface area contributed by atoms with Crippen LogP contribution in [0.25, 0.3) is 0 Å². The third-order valence-electron chi connectivity index (χ3n) is 2.78. The number of nitrogens with zero attached hydrogens (tertiary/aromatic N) is 2. The van der Waals surface area contributed by atoms with E-state index in [-0.39, 0.29) is 11.8 Å². The first-order valence-electron chi connectivity index (χ1n) is 5.40. The second-order valence-electron chi connectivity index (χ2n) is 3.93. The maximum absolute atomic E-state index is 11.5. The highest BCUT2D eigenvalue weighted by molar-refractivity contribution is 6.28. The van der Waals surface area contributed by atoms with Gasteiger partial charge in [0.2, 0.25) is 5.28 Å². The Morgan fingerprint density at radius 1 is 1.35 bits per heavy atom. The van der Waals surface area contributed by atoms with Gasteiger partial charge in [-0.25, -0.2) is 4.98 Å². The van der Waals surface area contributed by atoms with E-state index in [1.54, 1.807) is 4.57 Å². The fraction of sp³-hybridized carbons (Fsp3) is 0.231. The molecule has 88 valence electrons. The van der Waals surface area contributed by atoms with Crippen molar-refractivity contribution in [1.29, 1.82) is 0 Å². The molecule has 1 aromatic heterocycles. The van der Waals surface area contributed by atoms with Crippen LogP contribution in [-0.4, -0.2) is 15.3 Å². The second kappa shape index (κ2) is 4.72. The van der Waals surface area contributed by atoms with Gasteiger partial charge in [0.25, 0.3) is 0 Å². The van der Waals surface area contributed by atoms with Crippen LogP contribution in [0, 0.1) is 0 Å². The van der Waals surface area contributed by atoms with E-state index in [1.807, 2.05) is 37.3 Å². The van der Waals surface area contributed by atoms with E-state index in [9.17, 15) is 4.79 Å². The van der Waals surface area contributed by atoms with Crippen LogP contribution in [0.5, 0.6) is 0 Å². The van der Waals surface area contributed by atoms with Crippen LogP contribution in [0.1, 0.15) is 35.9 Å². The molecule has 2 rings (SSSR count). The van der Waals surface area contributed by atoms with Crippen molar-refractivity contribution < 1.29 is 4.79 Å². The molecule has 0 amide bonds. The number of benzene rings is 1. The average molecular weight is 249 g/mol. The topological polar surface area (TPSA) is 34.9 Å². The maximum Gasteiger partial charge on any atom is 0.203 e. The third-order valence-corrected chi connectivity index (χ3v) is 3.06. The van der Waals surface area contributed by atoms with E-state index in [0.717, 1.165) is 5.56 Å². The predicted octanol–water partition coefficient (Wildman–Crippen LogP) is 3.35. The van der Waals surface area contributed by atoms with Crippen molar-refractivity contribution in [2.45, 2.75) is 19.9 Å². The summed E-state index contributed by atoms with van der Waals surface area (Å²) in [6.45, 7) is 3.51. The highest BCUT2D eigenvalue weighted by Gasteiger charge is 2.18. The highest BCUT2D eigenvalue weighted by atomic mass is 35.5. The largest absolute Gasteiger partial charge is 0.305 e. The minimum atomic E-state index is -0.0350. The summed E-state index contributed by atoms with van der Waals surface area (Å²) in [5, 5.41) is 0.339. The Hall–Kier alpha value is -1.61. The Morgan fingerprint density at radius 3 is 2.59 bits per heavy atom. The van der Waals surface area contributed by atoms with E-state index in [0.29, 0.717) is 11.0 Å². The standard InChI is InChI=1S/C13H13ClN2O/c1-9(11-6-4-3-5-7-11)16-12(10(2)17)8-15-13(16)14/h3-9H,1-2H3/t9-/m1/s1. The van der Waals surface area contributed by atoms with Crippen LogP contribution in [0.15, 0.2) is 36.5 Å². The van der Waals surface area contributed by atoms with Crippen molar-refractivity contribution >= 4 is 17.4 Å². The summed E-state index contributed by atoms with van der Waals surface area (Å²) in [6.07, 6.45) is 1.52. The Balaban J connectivity index is 2.47. The van der Waals surface area contributed by atoms with Gasteiger partial charge in [0.15, 0.2) is 5.78 Å². The first-order valence-corrected chi connectivity index (χ1v) is 5.77. The van der Waals surface area contributed by atoms with Crippen molar-refractivity contribution in [3.8, 4) is 0 Å². The zero-order valence-corrected chi connectivity index (χ0v) is 10.5. The van der Waals surface area contributed by atoms with Crippen LogP contribution >= 0.6 is 11.6 Å². The van der Waals surface area contributed by atoms with Gasteiger partial charge >= 0.3 is 0 Å². The molecule has 0 aliphatic carbocycles. The molecule has 2 aromatic rings. The smallest absolute Gasteiger partial charge is 0.203 e. The lowest BCUT2D eigenvalue weighted by Gasteiger charge is -2.16. The lowest BCUT2D eigenvalue weighted by Crippen LogP contribution is -2.12. The van der Waals surface area contributed by atoms with E-state index < -0.39 is 0 Å². The molecule has 0 radical (unpaired) electrons. The average Bonchev–Trinajstić information content (AvgIpc) is 2.71. The van der Waals surface area contributed by atoms with Gasteiger partial charge in [-0.3, -0.25) is 4.79 Å². The molecule has 0 unspecified atom stereocenters. The fourth-order valence-electron chi connectivity index (χ4n) is 1.85. The Morgan fingerprint density at radius 2 is 2.00 bits per heavy atom. The molecule has 1 atom stereocenters. The van der Waals surface area contributed by atoms with Crippen LogP contribution < -0.4 is 0 Å². The number of imidazole rings is 1. The molecule has 0 saturated heterocycles. The van der Waals surface area contributed by atoms with Gasteiger partial charge in [-0.1, -0.05) is 30.3 Å². The van der Waals surface area contributed by atoms with Crippen molar-refractivity contribution in [2.75, 3.05) is 0 Å². The van der Waals surface area contributed by atoms with Gasteiger partial charge in [-0.2, -0.15) is 0 Å². The first kappa shape index (κ1) is 11.9. The Labute approximate surface area is 105 Å². The molecule has 4 heteroatoms. The lowest BCUT2D eigenvalue weighted by atomic mass is 10.1. The summed E-state index contributed by atoms with van der Waals surface area (Å²) in [4.78, 5) is 15.5. The van der Waals surface area contributed by atoms with E-state index in [4.69, 9.17) is 11.6 Å². The molecule has 1 aromatic carbocycles. The monoisotopic (exact) mass is 248 g/mol. The van der Waals surface area contributed by atoms with Crippen LogP contribution in [0.2, 0.25) is 5.28 Å². The van der Waals surface area contributed by atoms with Crippen LogP contribution in [0.3, 0.4) is 0 Å². The molecular formula is C13H13ClN2O. The molecule has 0 aliphatic heterocycles. The Kier molecular flexibility index (Phi) is 3.29. The number of carbonyl (C=O) groups excluding carboxylic acids is 1. The maximum atomic E-state index is 11.5. The van der Waals surface area contributed by atoms with Gasteiger partial charge in [-0.15, -0.1) is 0 Å². The van der Waals surface area contributed by atoms with Gasteiger partial charge in [-0.05, 0) is 24.1 Å². The molecule has 3 nitrogen and oxygen atoms in total. The Bertz CT molecular complexity index is 534. The number of hydrogen-bond acceptors (Lipinski definition) is 2. The van der Waals surface area contributed by atoms with Gasteiger partial charge < -0.3 is 4.57 Å². The van der Waals surface area contributed by atoms with Crippen molar-refractivity contribution in [3.63, 3.8) is 0 Å². The quantitative estimate of drug-likeness (QED) is 0.781. The highest BCUT2D eigenvalue weighted by Crippen LogP contribution is 2.24. The SMILES string of the molecule is CC(=O)c1cnc(Cl)n1[C@H](C)c1ccccc1. The predicted molar refractivity (Wildman–Crippen MR) is 67.5 cm³/mol. The van der Waals surface area contributed by atoms with Gasteiger partial charge in [0.1, 0.15) is 5.69 Å². The number of hydrogen-bond donors (Lipinski definition) is 0. The van der Waals surface area contributed by atoms with Gasteiger partial charge in [0, 0.05) is 6.92 Å². The van der Waals surface area contributed by atoms with Crippen LogP contribution in [-0.2, 0) is 0 Å². The van der Waals surface area contributed by atoms with E-state index in [2.05, 4.69) is 4.98 Å². The van der Waals surface area contributed by atoms with Crippen molar-refractivity contribution in [1.82, 2.24) is 9.55 Å². The molecule has 17 heavy (non-hydrogen) atoms. The molecule has 0 bridgehead atoms. The summed E-state index contributed by atoms with van der Waals surface area (Å²) in [5.41, 5.74) is 1.63. The fourth-order valence-corrected chi connectivity index (χ4v) is 2.13. The number of carbonyl (C=O) groups is 1. The van der Waals surface area contributed by atoms with Crippen molar-refractivity contribution in [2.24, 2.45) is 0 Å². The van der Waals surface area contributed by atoms with E-state index in [1.165, 1.54) is 13.1 Å². The molecule has 0 N–H and O–H groups in total. The van der Waals surface area contributed by atoms with E-state index >= 15 is 0 Å². The number of ketones is 1. The second-order valence-corrected chi connectivity index (χ2v) is 4.26. The summed E-state index contributed by atoms with van der Waals surface area (Å²) < 4.78 is 1.75. The molecule has 0 fully saturated rings. The number of halogens is 1. The lowest BCUT2D eigenvalue weighted by molar-refractivity contribution is 0.100. The molecular weight excluding hydrogens is 236 g/mol. The molecule has 1 heterocycles. The number of aromatic nitrogens is 2. The zero-order chi connectivity index (χ0) is 12.4. The van der Waals surface area contributed by atoms with Gasteiger partial charge in [0.05, 0.1) is 12.2 Å². The van der Waals surface area contributed by atoms with Crippen LogP contribution in [0.4, 0.5) is 0 Å². The molecule has 0 spiro atoms. The molecule has 0 saturated carbocycles. The normalized spacial score (nSPS) is 12.4. The summed E-state index contributed by atoms with van der Waals surface area (Å²) >= 11 is 6.03. The number of rotatable bonds is 3. The summed E-state index contributed by atoms with van der Waals surface area (Å²) in [7, 11) is 0. The minimum Gasteiger partial charge on any atom is -0.305 e. The first-order chi connectivity index (χ1) is 8.11. The molecule has 0 aliphatic rings. The third kappa shape index (κ3) is 2.24. The minimum absolute atomic E-state index is 0.00917. The number of Topliss-reactive ketones (excluding diaryl/α,β-unsaturated/α-hetero) is 1. The van der Waals surface area contributed by atoms with Crippen molar-refractivity contribution in [3.05, 3.63) is 53.1 Å². The summed E-state index contributed by atoms with van der Waals surface area (Å²) in [5.74, 6) is -0.0350.